The number of nitrogen functional groups attached to an aromatic ring is 1. The van der Waals surface area contributed by atoms with E-state index in [1.165, 1.54) is 11.8 Å². The highest BCUT2D eigenvalue weighted by Crippen LogP contribution is 2.27. The molecule has 2 N–H and O–H groups in total. The summed E-state index contributed by atoms with van der Waals surface area (Å²) in [6, 6.07) is 5.21. The van der Waals surface area contributed by atoms with Crippen LogP contribution >= 0.6 is 23.4 Å². The summed E-state index contributed by atoms with van der Waals surface area (Å²) in [5.74, 6) is -0.0137. The number of ether oxygens (including phenoxy) is 1. The van der Waals surface area contributed by atoms with Crippen LogP contribution in [0.25, 0.3) is 0 Å². The molecule has 0 unspecified atom stereocenters. The number of nitrogens with two attached hydrogens (primary N) is 1. The first-order valence-electron chi connectivity index (χ1n) is 5.17. The molecular formula is C12H16ClNO2S. The van der Waals surface area contributed by atoms with E-state index in [9.17, 15) is 4.79 Å². The van der Waals surface area contributed by atoms with Gasteiger partial charge in [0.25, 0.3) is 0 Å². The minimum Gasteiger partial charge on any atom is -0.459 e. The first-order valence-corrected chi connectivity index (χ1v) is 6.54. The maximum atomic E-state index is 11.5. The molecule has 0 bridgehead atoms. The second-order valence-corrected chi connectivity index (χ2v) is 6.01. The van der Waals surface area contributed by atoms with Gasteiger partial charge in [0.1, 0.15) is 5.60 Å². The molecule has 0 aliphatic carbocycles. The van der Waals surface area contributed by atoms with E-state index in [2.05, 4.69) is 0 Å². The Bertz CT molecular complexity index is 415. The lowest BCUT2D eigenvalue weighted by molar-refractivity contribution is -0.151. The summed E-state index contributed by atoms with van der Waals surface area (Å²) in [4.78, 5) is 12.3. The van der Waals surface area contributed by atoms with E-state index in [-0.39, 0.29) is 11.7 Å². The van der Waals surface area contributed by atoms with Crippen LogP contribution < -0.4 is 5.73 Å². The van der Waals surface area contributed by atoms with Gasteiger partial charge in [0.05, 0.1) is 5.75 Å². The van der Waals surface area contributed by atoms with Crippen LogP contribution in [0, 0.1) is 0 Å². The standard InChI is InChI=1S/C12H16ClNO2S/c1-12(2,3)16-11(15)7-17-10-5-4-8(13)6-9(10)14/h4-6H,7,14H2,1-3H3. The molecule has 0 aliphatic heterocycles. The molecule has 0 heterocycles. The maximum Gasteiger partial charge on any atom is 0.316 e. The fraction of sp³-hybridized carbons (Fsp3) is 0.417. The lowest BCUT2D eigenvalue weighted by Gasteiger charge is -2.19. The number of anilines is 1. The van der Waals surface area contributed by atoms with Gasteiger partial charge in [-0.3, -0.25) is 4.79 Å². The third-order valence-corrected chi connectivity index (χ3v) is 3.04. The number of hydrogen-bond donors (Lipinski definition) is 1. The normalized spacial score (nSPS) is 11.3. The number of hydrogen-bond acceptors (Lipinski definition) is 4. The Morgan fingerprint density at radius 2 is 2.12 bits per heavy atom. The molecule has 3 nitrogen and oxygen atoms in total. The van der Waals surface area contributed by atoms with Gasteiger partial charge >= 0.3 is 5.97 Å². The van der Waals surface area contributed by atoms with Crippen LogP contribution in [0.15, 0.2) is 23.1 Å². The maximum absolute atomic E-state index is 11.5. The van der Waals surface area contributed by atoms with Crippen LogP contribution in [0.5, 0.6) is 0 Å². The summed E-state index contributed by atoms with van der Waals surface area (Å²) in [6.07, 6.45) is 0. The van der Waals surface area contributed by atoms with Crippen molar-refractivity contribution >= 4 is 35.0 Å². The Labute approximate surface area is 111 Å². The molecule has 1 aromatic carbocycles. The Morgan fingerprint density at radius 1 is 1.47 bits per heavy atom. The largest absolute Gasteiger partial charge is 0.459 e. The van der Waals surface area contributed by atoms with Crippen molar-refractivity contribution in [2.24, 2.45) is 0 Å². The van der Waals surface area contributed by atoms with Gasteiger partial charge < -0.3 is 10.5 Å². The third kappa shape index (κ3) is 5.33. The van der Waals surface area contributed by atoms with Gasteiger partial charge in [-0.25, -0.2) is 0 Å². The predicted octanol–water partition coefficient (Wildman–Crippen LogP) is 3.36. The van der Waals surface area contributed by atoms with Crippen molar-refractivity contribution < 1.29 is 9.53 Å². The highest BCUT2D eigenvalue weighted by Gasteiger charge is 2.16. The van der Waals surface area contributed by atoms with Crippen LogP contribution in [0.2, 0.25) is 5.02 Å². The van der Waals surface area contributed by atoms with Crippen molar-refractivity contribution in [3.8, 4) is 0 Å². The lowest BCUT2D eigenvalue weighted by atomic mass is 10.2. The molecule has 0 saturated carbocycles. The summed E-state index contributed by atoms with van der Waals surface area (Å²) in [5.41, 5.74) is 5.90. The van der Waals surface area contributed by atoms with Crippen molar-refractivity contribution in [2.75, 3.05) is 11.5 Å². The molecule has 94 valence electrons. The molecule has 0 atom stereocenters. The van der Waals surface area contributed by atoms with E-state index < -0.39 is 5.60 Å². The third-order valence-electron chi connectivity index (χ3n) is 1.74. The van der Waals surface area contributed by atoms with E-state index in [1.807, 2.05) is 20.8 Å². The smallest absolute Gasteiger partial charge is 0.316 e. The molecule has 0 amide bonds. The molecule has 0 radical (unpaired) electrons. The zero-order valence-corrected chi connectivity index (χ0v) is 11.7. The highest BCUT2D eigenvalue weighted by molar-refractivity contribution is 8.00. The average Bonchev–Trinajstić information content (AvgIpc) is 2.13. The number of esters is 1. The quantitative estimate of drug-likeness (QED) is 0.521. The highest BCUT2D eigenvalue weighted by atomic mass is 35.5. The Hall–Kier alpha value is -0.870. The Morgan fingerprint density at radius 3 is 2.65 bits per heavy atom. The summed E-state index contributed by atoms with van der Waals surface area (Å²) in [6.45, 7) is 5.52. The van der Waals surface area contributed by atoms with Gasteiger partial charge in [0.2, 0.25) is 0 Å². The minimum absolute atomic E-state index is 0.239. The first kappa shape index (κ1) is 14.2. The fourth-order valence-corrected chi connectivity index (χ4v) is 2.06. The molecule has 1 aromatic rings. The zero-order chi connectivity index (χ0) is 13.1. The predicted molar refractivity (Wildman–Crippen MR) is 72.4 cm³/mol. The number of halogens is 1. The molecule has 5 heteroatoms. The van der Waals surface area contributed by atoms with Gasteiger partial charge in [0.15, 0.2) is 0 Å². The van der Waals surface area contributed by atoms with E-state index in [0.717, 1.165) is 4.90 Å². The number of rotatable bonds is 3. The topological polar surface area (TPSA) is 52.3 Å². The molecule has 0 fully saturated rings. The van der Waals surface area contributed by atoms with Gasteiger partial charge in [-0.15, -0.1) is 11.8 Å². The molecule has 0 aromatic heterocycles. The second kappa shape index (κ2) is 5.65. The van der Waals surface area contributed by atoms with Gasteiger partial charge in [-0.1, -0.05) is 11.6 Å². The van der Waals surface area contributed by atoms with Crippen molar-refractivity contribution in [2.45, 2.75) is 31.3 Å². The Balaban J connectivity index is 2.53. The van der Waals surface area contributed by atoms with Gasteiger partial charge in [-0.05, 0) is 39.0 Å². The monoisotopic (exact) mass is 273 g/mol. The number of carbonyl (C=O) groups excluding carboxylic acids is 1. The average molecular weight is 274 g/mol. The zero-order valence-electron chi connectivity index (χ0n) is 10.1. The molecule has 1 rings (SSSR count). The molecule has 0 aliphatic rings. The van der Waals surface area contributed by atoms with Crippen molar-refractivity contribution in [3.05, 3.63) is 23.2 Å². The molecule has 17 heavy (non-hydrogen) atoms. The van der Waals surface area contributed by atoms with E-state index in [4.69, 9.17) is 22.1 Å². The summed E-state index contributed by atoms with van der Waals surface area (Å²) in [5, 5.41) is 0.587. The summed E-state index contributed by atoms with van der Waals surface area (Å²) < 4.78 is 5.20. The van der Waals surface area contributed by atoms with Crippen molar-refractivity contribution in [1.82, 2.24) is 0 Å². The number of benzene rings is 1. The van der Waals surface area contributed by atoms with Crippen LogP contribution in [-0.2, 0) is 9.53 Å². The number of thioether (sulfide) groups is 1. The molecule has 0 saturated heterocycles. The minimum atomic E-state index is -0.455. The van der Waals surface area contributed by atoms with Crippen LogP contribution in [-0.4, -0.2) is 17.3 Å². The van der Waals surface area contributed by atoms with Gasteiger partial charge in [-0.2, -0.15) is 0 Å². The molecule has 0 spiro atoms. The lowest BCUT2D eigenvalue weighted by Crippen LogP contribution is -2.24. The van der Waals surface area contributed by atoms with E-state index >= 15 is 0 Å². The van der Waals surface area contributed by atoms with Crippen molar-refractivity contribution in [3.63, 3.8) is 0 Å². The molecular weight excluding hydrogens is 258 g/mol. The summed E-state index contributed by atoms with van der Waals surface area (Å²) in [7, 11) is 0. The second-order valence-electron chi connectivity index (χ2n) is 4.56. The first-order chi connectivity index (χ1) is 7.78. The van der Waals surface area contributed by atoms with E-state index in [1.54, 1.807) is 18.2 Å². The Kier molecular flexibility index (Phi) is 4.71. The van der Waals surface area contributed by atoms with Crippen LogP contribution in [0.3, 0.4) is 0 Å². The SMILES string of the molecule is CC(C)(C)OC(=O)CSc1ccc(Cl)cc1N. The number of carbonyl (C=O) groups is 1. The fourth-order valence-electron chi connectivity index (χ4n) is 1.16. The van der Waals surface area contributed by atoms with Gasteiger partial charge in [0, 0.05) is 15.6 Å². The summed E-state index contributed by atoms with van der Waals surface area (Å²) >= 11 is 7.13. The van der Waals surface area contributed by atoms with E-state index in [0.29, 0.717) is 10.7 Å². The van der Waals surface area contributed by atoms with Crippen LogP contribution in [0.1, 0.15) is 20.8 Å². The van der Waals surface area contributed by atoms with Crippen LogP contribution in [0.4, 0.5) is 5.69 Å². The van der Waals surface area contributed by atoms with Crippen molar-refractivity contribution in [1.29, 1.82) is 0 Å².